The van der Waals surface area contributed by atoms with Crippen LogP contribution in [0.25, 0.3) is 0 Å². The third-order valence-corrected chi connectivity index (χ3v) is 4.41. The Labute approximate surface area is 135 Å². The highest BCUT2D eigenvalue weighted by Gasteiger charge is 2.06. The number of hydrogen-bond donors (Lipinski definition) is 1. The molecule has 0 saturated heterocycles. The van der Waals surface area contributed by atoms with Crippen LogP contribution in [0.2, 0.25) is 5.02 Å². The average Bonchev–Trinajstić information content (AvgIpc) is 2.40. The van der Waals surface area contributed by atoms with Crippen molar-refractivity contribution in [3.8, 4) is 0 Å². The van der Waals surface area contributed by atoms with E-state index in [1.54, 1.807) is 18.2 Å². The number of hydrogen-bond acceptors (Lipinski definition) is 1. The molecule has 1 aromatic carbocycles. The van der Waals surface area contributed by atoms with Crippen LogP contribution in [0, 0.1) is 5.92 Å². The first-order valence-corrected chi connectivity index (χ1v) is 8.41. The monoisotopic (exact) mass is 359 g/mol. The van der Waals surface area contributed by atoms with Crippen LogP contribution < -0.4 is 5.32 Å². The van der Waals surface area contributed by atoms with Crippen LogP contribution in [-0.4, -0.2) is 12.5 Å². The van der Waals surface area contributed by atoms with E-state index in [2.05, 4.69) is 35.1 Å². The van der Waals surface area contributed by atoms with Crippen LogP contribution >= 0.6 is 27.5 Å². The summed E-state index contributed by atoms with van der Waals surface area (Å²) in [4.78, 5) is 11.9. The van der Waals surface area contributed by atoms with Crippen molar-refractivity contribution in [3.63, 3.8) is 0 Å². The molecule has 0 heterocycles. The molecule has 2 nitrogen and oxygen atoms in total. The van der Waals surface area contributed by atoms with Gasteiger partial charge in [-0.25, -0.2) is 0 Å². The fourth-order valence-electron chi connectivity index (χ4n) is 1.97. The van der Waals surface area contributed by atoms with Crippen molar-refractivity contribution in [2.24, 2.45) is 5.92 Å². The third-order valence-electron chi connectivity index (χ3n) is 3.18. The summed E-state index contributed by atoms with van der Waals surface area (Å²) in [5.41, 5.74) is 0.609. The molecule has 0 saturated carbocycles. The van der Waals surface area contributed by atoms with Gasteiger partial charge in [-0.05, 0) is 46.5 Å². The number of unbranched alkanes of at least 4 members (excludes halogenated alkanes) is 3. The second kappa shape index (κ2) is 9.41. The minimum Gasteiger partial charge on any atom is -0.352 e. The molecule has 0 unspecified atom stereocenters. The molecular formula is C16H23BrClNO. The zero-order chi connectivity index (χ0) is 15.0. The minimum absolute atomic E-state index is 0.0541. The Balaban J connectivity index is 2.18. The highest BCUT2D eigenvalue weighted by molar-refractivity contribution is 9.10. The van der Waals surface area contributed by atoms with Crippen LogP contribution in [0.3, 0.4) is 0 Å². The SMILES string of the molecule is CC(C)CCCCCCNC(=O)c1ccc(Br)c(Cl)c1. The van der Waals surface area contributed by atoms with Gasteiger partial charge < -0.3 is 5.32 Å². The Kier molecular flexibility index (Phi) is 8.24. The maximum Gasteiger partial charge on any atom is 0.251 e. The van der Waals surface area contributed by atoms with E-state index in [9.17, 15) is 4.79 Å². The Morgan fingerprint density at radius 3 is 2.60 bits per heavy atom. The van der Waals surface area contributed by atoms with E-state index in [4.69, 9.17) is 11.6 Å². The van der Waals surface area contributed by atoms with Crippen LogP contribution in [0.15, 0.2) is 22.7 Å². The molecule has 0 bridgehead atoms. The van der Waals surface area contributed by atoms with E-state index in [-0.39, 0.29) is 5.91 Å². The number of amides is 1. The van der Waals surface area contributed by atoms with Crippen molar-refractivity contribution in [2.75, 3.05) is 6.54 Å². The molecule has 0 radical (unpaired) electrons. The van der Waals surface area contributed by atoms with Crippen molar-refractivity contribution >= 4 is 33.4 Å². The summed E-state index contributed by atoms with van der Waals surface area (Å²) in [6.45, 7) is 5.24. The topological polar surface area (TPSA) is 29.1 Å². The van der Waals surface area contributed by atoms with Crippen molar-refractivity contribution in [2.45, 2.75) is 46.0 Å². The lowest BCUT2D eigenvalue weighted by atomic mass is 10.0. The molecule has 0 aliphatic rings. The third kappa shape index (κ3) is 6.76. The molecule has 0 aliphatic carbocycles. The first kappa shape index (κ1) is 17.5. The molecule has 0 atom stereocenters. The van der Waals surface area contributed by atoms with Crippen LogP contribution in [0.4, 0.5) is 0 Å². The van der Waals surface area contributed by atoms with Gasteiger partial charge in [-0.1, -0.05) is 51.1 Å². The van der Waals surface area contributed by atoms with Crippen LogP contribution in [0.1, 0.15) is 56.3 Å². The molecule has 0 spiro atoms. The van der Waals surface area contributed by atoms with Gasteiger partial charge in [0, 0.05) is 16.6 Å². The van der Waals surface area contributed by atoms with Gasteiger partial charge in [0.1, 0.15) is 0 Å². The van der Waals surface area contributed by atoms with Crippen LogP contribution in [-0.2, 0) is 0 Å². The van der Waals surface area contributed by atoms with Gasteiger partial charge in [-0.3, -0.25) is 4.79 Å². The quantitative estimate of drug-likeness (QED) is 0.615. The summed E-state index contributed by atoms with van der Waals surface area (Å²) in [6.07, 6.45) is 6.04. The number of carbonyl (C=O) groups excluding carboxylic acids is 1. The van der Waals surface area contributed by atoms with E-state index in [0.717, 1.165) is 23.4 Å². The standard InChI is InChI=1S/C16H23BrClNO/c1-12(2)7-5-3-4-6-10-19-16(20)13-8-9-14(17)15(18)11-13/h8-9,11-12H,3-7,10H2,1-2H3,(H,19,20). The lowest BCUT2D eigenvalue weighted by molar-refractivity contribution is 0.0953. The maximum absolute atomic E-state index is 11.9. The second-order valence-corrected chi connectivity index (χ2v) is 6.74. The van der Waals surface area contributed by atoms with Crippen molar-refractivity contribution in [3.05, 3.63) is 33.3 Å². The predicted octanol–water partition coefficient (Wildman–Crippen LogP) is 5.44. The normalized spacial score (nSPS) is 10.8. The molecule has 0 aliphatic heterocycles. The maximum atomic E-state index is 11.9. The molecular weight excluding hydrogens is 338 g/mol. The largest absolute Gasteiger partial charge is 0.352 e. The number of benzene rings is 1. The highest BCUT2D eigenvalue weighted by Crippen LogP contribution is 2.23. The zero-order valence-corrected chi connectivity index (χ0v) is 14.6. The first-order valence-electron chi connectivity index (χ1n) is 7.24. The number of halogens is 2. The molecule has 1 rings (SSSR count). The molecule has 0 fully saturated rings. The van der Waals surface area contributed by atoms with Gasteiger partial charge in [0.15, 0.2) is 0 Å². The second-order valence-electron chi connectivity index (χ2n) is 5.48. The average molecular weight is 361 g/mol. The Hall–Kier alpha value is -0.540. The smallest absolute Gasteiger partial charge is 0.251 e. The highest BCUT2D eigenvalue weighted by atomic mass is 79.9. The van der Waals surface area contributed by atoms with E-state index in [1.807, 2.05) is 0 Å². The molecule has 4 heteroatoms. The van der Waals surface area contributed by atoms with Gasteiger partial charge in [0.25, 0.3) is 5.91 Å². The lowest BCUT2D eigenvalue weighted by Gasteiger charge is -2.07. The van der Waals surface area contributed by atoms with E-state index in [1.165, 1.54) is 25.7 Å². The summed E-state index contributed by atoms with van der Waals surface area (Å²) in [5, 5.41) is 3.49. The predicted molar refractivity (Wildman–Crippen MR) is 89.4 cm³/mol. The summed E-state index contributed by atoms with van der Waals surface area (Å²) in [6, 6.07) is 5.25. The summed E-state index contributed by atoms with van der Waals surface area (Å²) in [7, 11) is 0. The number of rotatable bonds is 8. The molecule has 20 heavy (non-hydrogen) atoms. The summed E-state index contributed by atoms with van der Waals surface area (Å²) < 4.78 is 0.806. The van der Waals surface area contributed by atoms with E-state index >= 15 is 0 Å². The van der Waals surface area contributed by atoms with Gasteiger partial charge in [-0.15, -0.1) is 0 Å². The molecule has 0 aromatic heterocycles. The fraction of sp³-hybridized carbons (Fsp3) is 0.562. The molecule has 1 amide bonds. The van der Waals surface area contributed by atoms with Gasteiger partial charge in [0.2, 0.25) is 0 Å². The van der Waals surface area contributed by atoms with E-state index in [0.29, 0.717) is 10.6 Å². The fourth-order valence-corrected chi connectivity index (χ4v) is 2.40. The Bertz CT molecular complexity index is 434. The molecule has 1 N–H and O–H groups in total. The Morgan fingerprint density at radius 1 is 1.25 bits per heavy atom. The van der Waals surface area contributed by atoms with Crippen molar-refractivity contribution in [1.29, 1.82) is 0 Å². The first-order chi connectivity index (χ1) is 9.50. The zero-order valence-electron chi connectivity index (χ0n) is 12.2. The lowest BCUT2D eigenvalue weighted by Crippen LogP contribution is -2.24. The van der Waals surface area contributed by atoms with Gasteiger partial charge >= 0.3 is 0 Å². The van der Waals surface area contributed by atoms with Crippen molar-refractivity contribution < 1.29 is 4.79 Å². The van der Waals surface area contributed by atoms with E-state index < -0.39 is 0 Å². The number of carbonyl (C=O) groups is 1. The summed E-state index contributed by atoms with van der Waals surface area (Å²) >= 11 is 9.29. The number of nitrogens with one attached hydrogen (secondary N) is 1. The van der Waals surface area contributed by atoms with Gasteiger partial charge in [-0.2, -0.15) is 0 Å². The van der Waals surface area contributed by atoms with Crippen LogP contribution in [0.5, 0.6) is 0 Å². The van der Waals surface area contributed by atoms with Crippen molar-refractivity contribution in [1.82, 2.24) is 5.32 Å². The Morgan fingerprint density at radius 2 is 1.95 bits per heavy atom. The van der Waals surface area contributed by atoms with Gasteiger partial charge in [0.05, 0.1) is 5.02 Å². The molecule has 112 valence electrons. The minimum atomic E-state index is -0.0541. The summed E-state index contributed by atoms with van der Waals surface area (Å²) in [5.74, 6) is 0.735. The molecule has 1 aromatic rings.